The third-order valence-electron chi connectivity index (χ3n) is 1.39. The lowest BCUT2D eigenvalue weighted by molar-refractivity contribution is -0.153. The van der Waals surface area contributed by atoms with Gasteiger partial charge in [0.2, 0.25) is 0 Å². The highest BCUT2D eigenvalue weighted by Gasteiger charge is 2.16. The maximum absolute atomic E-state index is 10.9. The second kappa shape index (κ2) is 4.56. The largest absolute Gasteiger partial charge is 0.464 e. The highest BCUT2D eigenvalue weighted by atomic mass is 16.5. The highest BCUT2D eigenvalue weighted by Crippen LogP contribution is 1.92. The van der Waals surface area contributed by atoms with Crippen molar-refractivity contribution in [2.75, 3.05) is 6.61 Å². The van der Waals surface area contributed by atoms with Gasteiger partial charge in [0.15, 0.2) is 6.10 Å². The van der Waals surface area contributed by atoms with E-state index in [9.17, 15) is 9.90 Å². The van der Waals surface area contributed by atoms with Gasteiger partial charge < -0.3 is 9.84 Å². The van der Waals surface area contributed by atoms with Crippen molar-refractivity contribution in [3.05, 3.63) is 12.7 Å². The van der Waals surface area contributed by atoms with Crippen molar-refractivity contribution in [1.29, 1.82) is 0 Å². The summed E-state index contributed by atoms with van der Waals surface area (Å²) in [4.78, 5) is 14.6. The summed E-state index contributed by atoms with van der Waals surface area (Å²) >= 11 is 0. The minimum absolute atomic E-state index is 0.0683. The number of hydrogen-bond acceptors (Lipinski definition) is 5. The van der Waals surface area contributed by atoms with Crippen LogP contribution in [0.2, 0.25) is 0 Å². The SMILES string of the molecule is CCOC(=O)[C@H](O)Cn1cncn1. The van der Waals surface area contributed by atoms with Crippen LogP contribution < -0.4 is 0 Å². The van der Waals surface area contributed by atoms with Gasteiger partial charge in [0.25, 0.3) is 0 Å². The first-order valence-electron chi connectivity index (χ1n) is 3.91. The lowest BCUT2D eigenvalue weighted by atomic mass is 10.3. The van der Waals surface area contributed by atoms with E-state index in [2.05, 4.69) is 14.8 Å². The van der Waals surface area contributed by atoms with E-state index in [0.717, 1.165) is 0 Å². The van der Waals surface area contributed by atoms with Gasteiger partial charge in [0, 0.05) is 0 Å². The number of aliphatic hydroxyl groups is 1. The molecule has 1 atom stereocenters. The van der Waals surface area contributed by atoms with Gasteiger partial charge in [-0.15, -0.1) is 0 Å². The molecule has 0 saturated carbocycles. The first-order valence-corrected chi connectivity index (χ1v) is 3.91. The van der Waals surface area contributed by atoms with Gasteiger partial charge in [0.05, 0.1) is 13.2 Å². The lowest BCUT2D eigenvalue weighted by Gasteiger charge is -2.08. The predicted octanol–water partition coefficient (Wildman–Crippen LogP) is -0.798. The number of carbonyl (C=O) groups excluding carboxylic acids is 1. The van der Waals surface area contributed by atoms with E-state index in [1.807, 2.05) is 0 Å². The molecule has 0 bridgehead atoms. The molecule has 0 saturated heterocycles. The third kappa shape index (κ3) is 2.83. The molecule has 1 aromatic heterocycles. The van der Waals surface area contributed by atoms with Crippen LogP contribution in [0.1, 0.15) is 6.92 Å². The molecule has 13 heavy (non-hydrogen) atoms. The molecule has 0 aliphatic heterocycles. The normalized spacial score (nSPS) is 12.5. The van der Waals surface area contributed by atoms with E-state index < -0.39 is 12.1 Å². The molecule has 1 heterocycles. The summed E-state index contributed by atoms with van der Waals surface area (Å²) in [6.45, 7) is 2.01. The zero-order chi connectivity index (χ0) is 9.68. The molecule has 0 amide bonds. The van der Waals surface area contributed by atoms with Gasteiger partial charge in [-0.05, 0) is 6.92 Å². The Morgan fingerprint density at radius 1 is 1.77 bits per heavy atom. The van der Waals surface area contributed by atoms with E-state index in [1.54, 1.807) is 6.92 Å². The number of nitrogens with zero attached hydrogens (tertiary/aromatic N) is 3. The first kappa shape index (κ1) is 9.66. The van der Waals surface area contributed by atoms with Gasteiger partial charge in [0.1, 0.15) is 12.7 Å². The van der Waals surface area contributed by atoms with Crippen LogP contribution in [0, 0.1) is 0 Å². The van der Waals surface area contributed by atoms with Crippen LogP contribution in [0.5, 0.6) is 0 Å². The Balaban J connectivity index is 2.41. The average Bonchev–Trinajstić information content (AvgIpc) is 2.57. The van der Waals surface area contributed by atoms with Crippen molar-refractivity contribution >= 4 is 5.97 Å². The fraction of sp³-hybridized carbons (Fsp3) is 0.571. The summed E-state index contributed by atoms with van der Waals surface area (Å²) in [7, 11) is 0. The molecular formula is C7H11N3O3. The molecule has 1 N–H and O–H groups in total. The summed E-state index contributed by atoms with van der Waals surface area (Å²) in [6.07, 6.45) is 1.57. The van der Waals surface area contributed by atoms with Crippen molar-refractivity contribution < 1.29 is 14.6 Å². The van der Waals surface area contributed by atoms with Crippen LogP contribution in [-0.2, 0) is 16.1 Å². The summed E-state index contributed by atoms with van der Waals surface area (Å²) in [5.74, 6) is -0.641. The fourth-order valence-corrected chi connectivity index (χ4v) is 0.817. The molecule has 1 aromatic rings. The Morgan fingerprint density at radius 2 is 2.54 bits per heavy atom. The van der Waals surface area contributed by atoms with Gasteiger partial charge in [-0.25, -0.2) is 14.5 Å². The quantitative estimate of drug-likeness (QED) is 0.621. The molecular weight excluding hydrogens is 174 g/mol. The standard InChI is InChI=1S/C7H11N3O3/c1-2-13-7(12)6(11)3-10-5-8-4-9-10/h4-6,11H,2-3H2,1H3/t6-/m1/s1. The lowest BCUT2D eigenvalue weighted by Crippen LogP contribution is -2.28. The van der Waals surface area contributed by atoms with Crippen LogP contribution in [-0.4, -0.2) is 38.6 Å². The molecule has 0 spiro atoms. The average molecular weight is 185 g/mol. The zero-order valence-electron chi connectivity index (χ0n) is 7.25. The van der Waals surface area contributed by atoms with Crippen LogP contribution in [0.25, 0.3) is 0 Å². The van der Waals surface area contributed by atoms with E-state index in [0.29, 0.717) is 0 Å². The number of hydrogen-bond donors (Lipinski definition) is 1. The van der Waals surface area contributed by atoms with Crippen LogP contribution >= 0.6 is 0 Å². The van der Waals surface area contributed by atoms with Crippen LogP contribution in [0.15, 0.2) is 12.7 Å². The molecule has 6 nitrogen and oxygen atoms in total. The van der Waals surface area contributed by atoms with Gasteiger partial charge in [-0.3, -0.25) is 0 Å². The smallest absolute Gasteiger partial charge is 0.336 e. The van der Waals surface area contributed by atoms with Gasteiger partial charge in [-0.2, -0.15) is 5.10 Å². The minimum Gasteiger partial charge on any atom is -0.464 e. The molecule has 1 rings (SSSR count). The number of esters is 1. The van der Waals surface area contributed by atoms with Crippen molar-refractivity contribution in [2.45, 2.75) is 19.6 Å². The van der Waals surface area contributed by atoms with E-state index in [-0.39, 0.29) is 13.2 Å². The fourth-order valence-electron chi connectivity index (χ4n) is 0.817. The van der Waals surface area contributed by atoms with E-state index >= 15 is 0 Å². The zero-order valence-corrected chi connectivity index (χ0v) is 7.25. The second-order valence-electron chi connectivity index (χ2n) is 2.39. The second-order valence-corrected chi connectivity index (χ2v) is 2.39. The molecule has 72 valence electrons. The highest BCUT2D eigenvalue weighted by molar-refractivity contribution is 5.74. The number of rotatable bonds is 4. The summed E-state index contributed by atoms with van der Waals surface area (Å²) < 4.78 is 5.96. The maximum atomic E-state index is 10.9. The van der Waals surface area contributed by atoms with Crippen molar-refractivity contribution in [1.82, 2.24) is 14.8 Å². The first-order chi connectivity index (χ1) is 6.24. The molecule has 0 radical (unpaired) electrons. The third-order valence-corrected chi connectivity index (χ3v) is 1.39. The van der Waals surface area contributed by atoms with Crippen molar-refractivity contribution in [2.24, 2.45) is 0 Å². The molecule has 6 heteroatoms. The van der Waals surface area contributed by atoms with Crippen molar-refractivity contribution in [3.8, 4) is 0 Å². The van der Waals surface area contributed by atoms with E-state index in [4.69, 9.17) is 0 Å². The Bertz CT molecular complexity index is 260. The topological polar surface area (TPSA) is 77.2 Å². The summed E-state index contributed by atoms with van der Waals surface area (Å²) in [5.41, 5.74) is 0. The Kier molecular flexibility index (Phi) is 3.39. The Hall–Kier alpha value is -1.43. The van der Waals surface area contributed by atoms with Gasteiger partial charge >= 0.3 is 5.97 Å². The Morgan fingerprint density at radius 3 is 3.08 bits per heavy atom. The van der Waals surface area contributed by atoms with Crippen LogP contribution in [0.3, 0.4) is 0 Å². The Labute approximate surface area is 75.2 Å². The number of aliphatic hydroxyl groups excluding tert-OH is 1. The van der Waals surface area contributed by atoms with Crippen LogP contribution in [0.4, 0.5) is 0 Å². The number of carbonyl (C=O) groups is 1. The minimum atomic E-state index is -1.18. The predicted molar refractivity (Wildman–Crippen MR) is 42.7 cm³/mol. The van der Waals surface area contributed by atoms with E-state index in [1.165, 1.54) is 17.3 Å². The summed E-state index contributed by atoms with van der Waals surface area (Å²) in [5, 5.41) is 13.0. The maximum Gasteiger partial charge on any atom is 0.336 e. The van der Waals surface area contributed by atoms with Crippen molar-refractivity contribution in [3.63, 3.8) is 0 Å². The molecule has 0 aliphatic rings. The molecule has 0 unspecified atom stereocenters. The molecule has 0 aromatic carbocycles. The monoisotopic (exact) mass is 185 g/mol. The number of ether oxygens (including phenoxy) is 1. The molecule has 0 aliphatic carbocycles. The van der Waals surface area contributed by atoms with Gasteiger partial charge in [-0.1, -0.05) is 0 Å². The molecule has 0 fully saturated rings. The number of aromatic nitrogens is 3. The summed E-state index contributed by atoms with van der Waals surface area (Å²) in [6, 6.07) is 0.